The average Bonchev–Trinajstić information content (AvgIpc) is 3.11. The highest BCUT2D eigenvalue weighted by molar-refractivity contribution is 6.00. The van der Waals surface area contributed by atoms with E-state index in [9.17, 15) is 4.39 Å². The van der Waals surface area contributed by atoms with Gasteiger partial charge in [-0.25, -0.2) is 19.3 Å². The molecule has 4 heterocycles. The maximum absolute atomic E-state index is 14.8. The first kappa shape index (κ1) is 22.4. The summed E-state index contributed by atoms with van der Waals surface area (Å²) in [7, 11) is 2.14. The van der Waals surface area contributed by atoms with Gasteiger partial charge < -0.3 is 15.1 Å². The van der Waals surface area contributed by atoms with E-state index in [4.69, 9.17) is 4.99 Å². The molecule has 34 heavy (non-hydrogen) atoms. The topological polar surface area (TPSA) is 69.5 Å². The molecule has 0 saturated carbocycles. The van der Waals surface area contributed by atoms with Crippen LogP contribution in [-0.2, 0) is 5.41 Å². The molecular formula is C26H30FN7. The van der Waals surface area contributed by atoms with Crippen molar-refractivity contribution in [2.45, 2.75) is 32.6 Å². The largest absolute Gasteiger partial charge is 0.368 e. The van der Waals surface area contributed by atoms with Gasteiger partial charge in [-0.2, -0.15) is 0 Å². The van der Waals surface area contributed by atoms with Crippen LogP contribution >= 0.6 is 0 Å². The number of benzene rings is 1. The van der Waals surface area contributed by atoms with Crippen LogP contribution in [0.2, 0.25) is 0 Å². The van der Waals surface area contributed by atoms with Crippen LogP contribution in [0.3, 0.4) is 0 Å². The molecule has 1 aromatic carbocycles. The lowest BCUT2D eigenvalue weighted by Gasteiger charge is -2.33. The molecule has 3 aromatic rings. The van der Waals surface area contributed by atoms with E-state index in [2.05, 4.69) is 57.9 Å². The number of aromatic nitrogens is 3. The number of fused-ring (bicyclic) bond motifs is 1. The maximum Gasteiger partial charge on any atom is 0.229 e. The fourth-order valence-corrected chi connectivity index (χ4v) is 4.62. The van der Waals surface area contributed by atoms with Crippen LogP contribution in [0, 0.1) is 5.82 Å². The number of rotatable bonds is 5. The Morgan fingerprint density at radius 2 is 1.85 bits per heavy atom. The van der Waals surface area contributed by atoms with Crippen LogP contribution in [0.4, 0.5) is 27.5 Å². The molecule has 0 radical (unpaired) electrons. The van der Waals surface area contributed by atoms with Gasteiger partial charge >= 0.3 is 0 Å². The fourth-order valence-electron chi connectivity index (χ4n) is 4.62. The van der Waals surface area contributed by atoms with Crippen molar-refractivity contribution in [1.29, 1.82) is 0 Å². The molecule has 8 heteroatoms. The Kier molecular flexibility index (Phi) is 5.77. The zero-order chi connectivity index (χ0) is 23.9. The van der Waals surface area contributed by atoms with Crippen molar-refractivity contribution in [2.24, 2.45) is 4.99 Å². The van der Waals surface area contributed by atoms with Gasteiger partial charge in [0.05, 0.1) is 23.8 Å². The number of nitrogens with zero attached hydrogens (tertiary/aromatic N) is 6. The van der Waals surface area contributed by atoms with Crippen LogP contribution in [0.25, 0.3) is 11.3 Å². The first-order chi connectivity index (χ1) is 16.4. The van der Waals surface area contributed by atoms with Crippen molar-refractivity contribution in [1.82, 2.24) is 19.9 Å². The van der Waals surface area contributed by atoms with Crippen LogP contribution in [0.5, 0.6) is 0 Å². The molecule has 1 N–H and O–H groups in total. The van der Waals surface area contributed by atoms with Gasteiger partial charge in [-0.15, -0.1) is 0 Å². The van der Waals surface area contributed by atoms with Crippen molar-refractivity contribution in [3.8, 4) is 11.3 Å². The molecule has 0 aliphatic carbocycles. The number of piperazine rings is 1. The van der Waals surface area contributed by atoms with E-state index in [1.165, 1.54) is 6.20 Å². The van der Waals surface area contributed by atoms with Gasteiger partial charge in [0.1, 0.15) is 11.5 Å². The molecule has 2 aromatic heterocycles. The second-order valence-corrected chi connectivity index (χ2v) is 9.32. The van der Waals surface area contributed by atoms with Crippen molar-refractivity contribution >= 4 is 28.9 Å². The molecule has 5 rings (SSSR count). The molecular weight excluding hydrogens is 429 g/mol. The highest BCUT2D eigenvalue weighted by Gasteiger charge is 2.35. The van der Waals surface area contributed by atoms with Crippen molar-refractivity contribution in [3.63, 3.8) is 0 Å². The summed E-state index contributed by atoms with van der Waals surface area (Å²) in [4.78, 5) is 22.5. The van der Waals surface area contributed by atoms with Gasteiger partial charge in [0, 0.05) is 42.9 Å². The van der Waals surface area contributed by atoms with Gasteiger partial charge in [-0.1, -0.05) is 19.9 Å². The van der Waals surface area contributed by atoms with Crippen molar-refractivity contribution in [2.75, 3.05) is 43.4 Å². The molecule has 1 fully saturated rings. The molecule has 7 nitrogen and oxygen atoms in total. The lowest BCUT2D eigenvalue weighted by atomic mass is 9.77. The molecule has 1 saturated heterocycles. The summed E-state index contributed by atoms with van der Waals surface area (Å²) < 4.78 is 14.8. The van der Waals surface area contributed by atoms with Crippen LogP contribution in [0.15, 0.2) is 47.7 Å². The first-order valence-electron chi connectivity index (χ1n) is 11.8. The summed E-state index contributed by atoms with van der Waals surface area (Å²) in [6, 6.07) is 9.77. The number of anilines is 3. The Hall–Kier alpha value is -3.39. The molecule has 2 aliphatic rings. The minimum Gasteiger partial charge on any atom is -0.368 e. The SMILES string of the molecule is CCC1(C)C(C)=Nc2ccc(-c3nc(Nc4ccc(N5CCN(C)CC5)cn4)ncc3F)cc21. The third kappa shape index (κ3) is 4.03. The van der Waals surface area contributed by atoms with Gasteiger partial charge in [-0.05, 0) is 50.2 Å². The predicted molar refractivity (Wildman–Crippen MR) is 135 cm³/mol. The van der Waals surface area contributed by atoms with E-state index in [0.29, 0.717) is 17.3 Å². The molecule has 0 bridgehead atoms. The Morgan fingerprint density at radius 3 is 2.56 bits per heavy atom. The Bertz CT molecular complexity index is 1230. The summed E-state index contributed by atoms with van der Waals surface area (Å²) in [6.07, 6.45) is 3.98. The number of likely N-dealkylation sites (N-methyl/N-ethyl adjacent to an activating group) is 1. The van der Waals surface area contributed by atoms with E-state index < -0.39 is 5.82 Å². The molecule has 0 spiro atoms. The Morgan fingerprint density at radius 1 is 1.06 bits per heavy atom. The highest BCUT2D eigenvalue weighted by Crippen LogP contribution is 2.44. The number of hydrogen-bond donors (Lipinski definition) is 1. The monoisotopic (exact) mass is 459 g/mol. The number of hydrogen-bond acceptors (Lipinski definition) is 7. The lowest BCUT2D eigenvalue weighted by molar-refractivity contribution is 0.313. The lowest BCUT2D eigenvalue weighted by Crippen LogP contribution is -2.44. The fraction of sp³-hybridized carbons (Fsp3) is 0.385. The third-order valence-corrected chi connectivity index (χ3v) is 7.26. The molecule has 2 aliphatic heterocycles. The van der Waals surface area contributed by atoms with Gasteiger partial charge in [0.2, 0.25) is 5.95 Å². The zero-order valence-corrected chi connectivity index (χ0v) is 20.1. The summed E-state index contributed by atoms with van der Waals surface area (Å²) in [5, 5.41) is 3.12. The normalized spacial score (nSPS) is 20.3. The third-order valence-electron chi connectivity index (χ3n) is 7.26. The van der Waals surface area contributed by atoms with Crippen LogP contribution < -0.4 is 10.2 Å². The number of aliphatic imine (C=N–C) groups is 1. The standard InChI is InChI=1S/C26H30FN7/c1-5-26(3)17(2)30-22-8-6-18(14-20(22)26)24-21(27)16-29-25(32-24)31-23-9-7-19(15-28-23)34-12-10-33(4)11-13-34/h6-9,14-16H,5,10-13H2,1-4H3,(H,28,29,31,32). The van der Waals surface area contributed by atoms with E-state index in [0.717, 1.165) is 55.2 Å². The minimum atomic E-state index is -0.460. The van der Waals surface area contributed by atoms with E-state index >= 15 is 0 Å². The summed E-state index contributed by atoms with van der Waals surface area (Å²) in [5.74, 6) is 0.465. The molecule has 1 unspecified atom stereocenters. The highest BCUT2D eigenvalue weighted by atomic mass is 19.1. The van der Waals surface area contributed by atoms with Gasteiger partial charge in [-0.3, -0.25) is 4.99 Å². The Labute approximate surface area is 199 Å². The number of halogens is 1. The second kappa shape index (κ2) is 8.76. The van der Waals surface area contributed by atoms with Crippen molar-refractivity contribution in [3.05, 3.63) is 54.1 Å². The first-order valence-corrected chi connectivity index (χ1v) is 11.8. The van der Waals surface area contributed by atoms with Crippen LogP contribution in [0.1, 0.15) is 32.8 Å². The quantitative estimate of drug-likeness (QED) is 0.582. The van der Waals surface area contributed by atoms with Gasteiger partial charge in [0.15, 0.2) is 5.82 Å². The van der Waals surface area contributed by atoms with E-state index in [1.807, 2.05) is 36.5 Å². The van der Waals surface area contributed by atoms with E-state index in [-0.39, 0.29) is 11.1 Å². The second-order valence-electron chi connectivity index (χ2n) is 9.32. The van der Waals surface area contributed by atoms with Crippen molar-refractivity contribution < 1.29 is 4.39 Å². The minimum absolute atomic E-state index is 0.147. The number of pyridine rings is 1. The number of nitrogens with one attached hydrogen (secondary N) is 1. The summed E-state index contributed by atoms with van der Waals surface area (Å²) in [5.41, 5.74) is 5.06. The summed E-state index contributed by atoms with van der Waals surface area (Å²) in [6.45, 7) is 10.4. The average molecular weight is 460 g/mol. The predicted octanol–water partition coefficient (Wildman–Crippen LogP) is 4.95. The molecule has 176 valence electrons. The van der Waals surface area contributed by atoms with Gasteiger partial charge in [0.25, 0.3) is 0 Å². The molecule has 0 amide bonds. The van der Waals surface area contributed by atoms with Crippen LogP contribution in [-0.4, -0.2) is 58.8 Å². The Balaban J connectivity index is 1.37. The molecule has 1 atom stereocenters. The van der Waals surface area contributed by atoms with E-state index in [1.54, 1.807) is 0 Å². The smallest absolute Gasteiger partial charge is 0.229 e. The maximum atomic E-state index is 14.8. The zero-order valence-electron chi connectivity index (χ0n) is 20.1. The summed E-state index contributed by atoms with van der Waals surface area (Å²) >= 11 is 0.